The topological polar surface area (TPSA) is 22.0 Å². The van der Waals surface area contributed by atoms with Crippen molar-refractivity contribution < 1.29 is 4.79 Å². The summed E-state index contributed by atoms with van der Waals surface area (Å²) in [5.41, 5.74) is 0.679. The highest BCUT2D eigenvalue weighted by atomic mass is 31.1. The highest BCUT2D eigenvalue weighted by Gasteiger charge is 2.28. The van der Waals surface area contributed by atoms with Crippen LogP contribution in [-0.4, -0.2) is 10.5 Å². The summed E-state index contributed by atoms with van der Waals surface area (Å²) >= 11 is 0. The molecular weight excluding hydrogens is 512 g/mol. The molecule has 0 spiro atoms. The molecule has 1 aromatic heterocycles. The van der Waals surface area contributed by atoms with Gasteiger partial charge in [0.05, 0.1) is 0 Å². The zero-order valence-corrected chi connectivity index (χ0v) is 23.1. The van der Waals surface area contributed by atoms with Gasteiger partial charge >= 0.3 is 0 Å². The Kier molecular flexibility index (Phi) is 7.59. The summed E-state index contributed by atoms with van der Waals surface area (Å²) in [7, 11) is -1.82. The van der Waals surface area contributed by atoms with Crippen LogP contribution in [0, 0.1) is 0 Å². The fraction of sp³-hybridized carbons (Fsp3) is 0. The lowest BCUT2D eigenvalue weighted by molar-refractivity contribution is 0.0960. The van der Waals surface area contributed by atoms with Crippen LogP contribution >= 0.6 is 15.8 Å². The van der Waals surface area contributed by atoms with Crippen LogP contribution in [0.25, 0.3) is 0 Å². The van der Waals surface area contributed by atoms with Crippen LogP contribution in [0.15, 0.2) is 164 Å². The van der Waals surface area contributed by atoms with Crippen molar-refractivity contribution in [2.75, 3.05) is 0 Å². The van der Waals surface area contributed by atoms with Gasteiger partial charge < -0.3 is 0 Å². The van der Waals surface area contributed by atoms with E-state index >= 15 is 0 Å². The van der Waals surface area contributed by atoms with Crippen molar-refractivity contribution in [1.29, 1.82) is 0 Å². The number of hydrogen-bond donors (Lipinski definition) is 0. The van der Waals surface area contributed by atoms with Crippen LogP contribution in [0.3, 0.4) is 0 Å². The molecule has 4 heteroatoms. The molecule has 6 rings (SSSR count). The SMILES string of the molecule is O=C(c1ccccc1)n1cc(P(c2ccccc2)c2ccccc2)c(P(c2ccccc2)c2ccccc2)c1. The van der Waals surface area contributed by atoms with E-state index in [2.05, 4.69) is 134 Å². The molecule has 0 unspecified atom stereocenters. The van der Waals surface area contributed by atoms with Crippen molar-refractivity contribution in [3.8, 4) is 0 Å². The molecule has 5 aromatic carbocycles. The van der Waals surface area contributed by atoms with E-state index in [-0.39, 0.29) is 5.91 Å². The van der Waals surface area contributed by atoms with Gasteiger partial charge in [0, 0.05) is 28.6 Å². The maximum Gasteiger partial charge on any atom is 0.261 e. The lowest BCUT2D eigenvalue weighted by atomic mass is 10.2. The summed E-state index contributed by atoms with van der Waals surface area (Å²) in [6.45, 7) is 0. The Hall–Kier alpha value is -4.09. The van der Waals surface area contributed by atoms with Gasteiger partial charge in [0.2, 0.25) is 0 Å². The Bertz CT molecular complexity index is 1470. The maximum atomic E-state index is 13.8. The molecule has 0 aliphatic carbocycles. The van der Waals surface area contributed by atoms with E-state index in [9.17, 15) is 4.79 Å². The molecule has 0 atom stereocenters. The first kappa shape index (κ1) is 25.2. The fourth-order valence-corrected chi connectivity index (χ4v) is 10.0. The number of benzene rings is 5. The third-order valence-corrected chi connectivity index (χ3v) is 11.7. The summed E-state index contributed by atoms with van der Waals surface area (Å²) in [6.07, 6.45) is 4.19. The molecule has 39 heavy (non-hydrogen) atoms. The Labute approximate surface area is 232 Å². The fourth-order valence-electron chi connectivity index (χ4n) is 4.79. The van der Waals surface area contributed by atoms with Gasteiger partial charge in [0.1, 0.15) is 0 Å². The molecule has 0 saturated carbocycles. The van der Waals surface area contributed by atoms with Gasteiger partial charge in [-0.2, -0.15) is 0 Å². The van der Waals surface area contributed by atoms with Gasteiger partial charge in [-0.15, -0.1) is 0 Å². The summed E-state index contributed by atoms with van der Waals surface area (Å²) < 4.78 is 1.81. The molecule has 0 amide bonds. The van der Waals surface area contributed by atoms with Crippen LogP contribution in [0.4, 0.5) is 0 Å². The molecule has 188 valence electrons. The monoisotopic (exact) mass is 539 g/mol. The molecule has 0 aliphatic rings. The van der Waals surface area contributed by atoms with E-state index in [1.54, 1.807) is 0 Å². The molecule has 0 fully saturated rings. The molecule has 0 radical (unpaired) electrons. The van der Waals surface area contributed by atoms with E-state index in [1.165, 1.54) is 31.8 Å². The van der Waals surface area contributed by atoms with Crippen LogP contribution in [0.5, 0.6) is 0 Å². The molecule has 0 bridgehead atoms. The molecule has 2 nitrogen and oxygen atoms in total. The lowest BCUT2D eigenvalue weighted by Crippen LogP contribution is -2.32. The van der Waals surface area contributed by atoms with Crippen LogP contribution < -0.4 is 31.8 Å². The molecule has 0 saturated heterocycles. The first-order valence-electron chi connectivity index (χ1n) is 12.9. The molecule has 6 aromatic rings. The number of hydrogen-bond acceptors (Lipinski definition) is 1. The second-order valence-corrected chi connectivity index (χ2v) is 13.5. The Morgan fingerprint density at radius 2 is 0.692 bits per heavy atom. The number of carbonyl (C=O) groups is 1. The van der Waals surface area contributed by atoms with E-state index in [0.717, 1.165) is 0 Å². The average Bonchev–Trinajstić information content (AvgIpc) is 3.44. The van der Waals surface area contributed by atoms with Crippen LogP contribution in [0.1, 0.15) is 10.4 Å². The smallest absolute Gasteiger partial charge is 0.261 e. The predicted octanol–water partition coefficient (Wildman–Crippen LogP) is 5.69. The molecular formula is C35H27NOP2. The van der Waals surface area contributed by atoms with Gasteiger partial charge in [0.25, 0.3) is 5.91 Å². The lowest BCUT2D eigenvalue weighted by Gasteiger charge is -2.24. The van der Waals surface area contributed by atoms with Gasteiger partial charge in [-0.05, 0) is 49.2 Å². The summed E-state index contributed by atoms with van der Waals surface area (Å²) in [4.78, 5) is 13.8. The van der Waals surface area contributed by atoms with E-state index in [4.69, 9.17) is 0 Å². The average molecular weight is 540 g/mol. The van der Waals surface area contributed by atoms with E-state index in [1.807, 2.05) is 34.9 Å². The third-order valence-electron chi connectivity index (χ3n) is 6.58. The van der Waals surface area contributed by atoms with Gasteiger partial charge in [-0.1, -0.05) is 140 Å². The second kappa shape index (κ2) is 11.7. The number of carbonyl (C=O) groups excluding carboxylic acids is 1. The molecule has 0 aliphatic heterocycles. The quantitative estimate of drug-likeness (QED) is 0.239. The maximum absolute atomic E-state index is 13.8. The summed E-state index contributed by atoms with van der Waals surface area (Å²) in [6, 6.07) is 52.4. The van der Waals surface area contributed by atoms with E-state index in [0.29, 0.717) is 5.56 Å². The van der Waals surface area contributed by atoms with Crippen molar-refractivity contribution in [2.24, 2.45) is 0 Å². The standard InChI is InChI=1S/C35H27NOP2/c37-35(28-16-6-1-7-17-28)36-26-33(38(29-18-8-2-9-19-29)30-20-10-3-11-21-30)34(27-36)39(31-22-12-4-13-23-31)32-24-14-5-15-25-32/h1-27H. The van der Waals surface area contributed by atoms with Crippen LogP contribution in [0.2, 0.25) is 0 Å². The Morgan fingerprint density at radius 1 is 0.410 bits per heavy atom. The number of aromatic nitrogens is 1. The number of rotatable bonds is 7. The second-order valence-electron chi connectivity index (χ2n) is 9.12. The first-order valence-corrected chi connectivity index (χ1v) is 15.6. The van der Waals surface area contributed by atoms with Gasteiger partial charge in [0.15, 0.2) is 0 Å². The highest BCUT2D eigenvalue weighted by Crippen LogP contribution is 2.39. The third kappa shape index (κ3) is 5.41. The van der Waals surface area contributed by atoms with Crippen LogP contribution in [-0.2, 0) is 0 Å². The first-order chi connectivity index (χ1) is 19.3. The summed E-state index contributed by atoms with van der Waals surface area (Å²) in [5.74, 6) is -0.0183. The van der Waals surface area contributed by atoms with Crippen molar-refractivity contribution in [3.05, 3.63) is 170 Å². The van der Waals surface area contributed by atoms with Crippen molar-refractivity contribution in [3.63, 3.8) is 0 Å². The van der Waals surface area contributed by atoms with Crippen molar-refractivity contribution in [2.45, 2.75) is 0 Å². The minimum Gasteiger partial charge on any atom is -0.289 e. The molecule has 1 heterocycles. The minimum absolute atomic E-state index is 0.0183. The largest absolute Gasteiger partial charge is 0.289 e. The zero-order valence-electron chi connectivity index (χ0n) is 21.3. The molecule has 0 N–H and O–H groups in total. The van der Waals surface area contributed by atoms with Gasteiger partial charge in [-0.25, -0.2) is 0 Å². The summed E-state index contributed by atoms with van der Waals surface area (Å²) in [5, 5.41) is 7.49. The minimum atomic E-state index is -0.910. The highest BCUT2D eigenvalue weighted by molar-refractivity contribution is 7.85. The predicted molar refractivity (Wildman–Crippen MR) is 168 cm³/mol. The van der Waals surface area contributed by atoms with Crippen molar-refractivity contribution >= 4 is 53.6 Å². The Balaban J connectivity index is 1.62. The normalized spacial score (nSPS) is 11.1. The van der Waals surface area contributed by atoms with E-state index < -0.39 is 15.8 Å². The number of nitrogens with zero attached hydrogens (tertiary/aromatic N) is 1. The van der Waals surface area contributed by atoms with Gasteiger partial charge in [-0.3, -0.25) is 9.36 Å². The Morgan fingerprint density at radius 3 is 1.00 bits per heavy atom. The van der Waals surface area contributed by atoms with Crippen molar-refractivity contribution in [1.82, 2.24) is 4.57 Å². The zero-order chi connectivity index (χ0) is 26.4.